The molecule has 6 rings (SSSR count). The number of piperidine rings is 1. The topological polar surface area (TPSA) is 59.8 Å². The molecule has 0 spiro atoms. The summed E-state index contributed by atoms with van der Waals surface area (Å²) >= 11 is 1.78. The van der Waals surface area contributed by atoms with Gasteiger partial charge in [-0.3, -0.25) is 9.69 Å². The number of fused-ring (bicyclic) bond motifs is 3. The van der Waals surface area contributed by atoms with Crippen molar-refractivity contribution in [3.05, 3.63) is 65.4 Å². The molecule has 36 heavy (non-hydrogen) atoms. The molecule has 0 bridgehead atoms. The second kappa shape index (κ2) is 10.4. The fraction of sp³-hybridized carbons (Fsp3) is 0.429. The minimum absolute atomic E-state index is 0.00505. The Morgan fingerprint density at radius 1 is 1.08 bits per heavy atom. The maximum Gasteiger partial charge on any atom is 0.274 e. The number of hydrogen-bond donors (Lipinski definition) is 0. The number of carbonyl (C=O) groups excluding carboxylic acids is 1. The van der Waals surface area contributed by atoms with Gasteiger partial charge in [0.1, 0.15) is 0 Å². The van der Waals surface area contributed by atoms with Gasteiger partial charge in [0.05, 0.1) is 30.7 Å². The van der Waals surface area contributed by atoms with E-state index in [2.05, 4.69) is 53.4 Å². The van der Waals surface area contributed by atoms with Crippen molar-refractivity contribution in [2.45, 2.75) is 36.1 Å². The third kappa shape index (κ3) is 4.59. The molecule has 0 saturated carbocycles. The highest BCUT2D eigenvalue weighted by atomic mass is 32.2. The molecular formula is C28H32N4O3S. The predicted molar refractivity (Wildman–Crippen MR) is 141 cm³/mol. The summed E-state index contributed by atoms with van der Waals surface area (Å²) in [5.74, 6) is 0.747. The summed E-state index contributed by atoms with van der Waals surface area (Å²) in [6, 6.07) is 17.1. The quantitative estimate of drug-likeness (QED) is 0.518. The summed E-state index contributed by atoms with van der Waals surface area (Å²) in [5, 5.41) is 4.99. The standard InChI is InChI=1S/C28H32N4O3S/c1-34-22-9-11-30(12-10-22)18-20-5-4-6-21(17-20)32-27-23-7-2-3-8-25(23)36-19-24(27)26(29-32)28(33)31-13-15-35-16-14-31/h2-8,17,22H,9-16,18-19H2,1H3. The van der Waals surface area contributed by atoms with Gasteiger partial charge < -0.3 is 14.4 Å². The van der Waals surface area contributed by atoms with Gasteiger partial charge in [-0.25, -0.2) is 4.68 Å². The molecule has 2 fully saturated rings. The van der Waals surface area contributed by atoms with Crippen LogP contribution in [0.25, 0.3) is 16.9 Å². The zero-order valence-electron chi connectivity index (χ0n) is 20.7. The molecule has 0 aliphatic carbocycles. The van der Waals surface area contributed by atoms with Crippen LogP contribution in [0.15, 0.2) is 53.4 Å². The average molecular weight is 505 g/mol. The summed E-state index contributed by atoms with van der Waals surface area (Å²) in [5.41, 5.74) is 6.04. The molecule has 0 radical (unpaired) electrons. The third-order valence-electron chi connectivity index (χ3n) is 7.43. The maximum absolute atomic E-state index is 13.6. The number of ether oxygens (including phenoxy) is 2. The number of carbonyl (C=O) groups is 1. The number of benzene rings is 2. The van der Waals surface area contributed by atoms with Crippen molar-refractivity contribution in [3.63, 3.8) is 0 Å². The van der Waals surface area contributed by atoms with Gasteiger partial charge in [0.15, 0.2) is 5.69 Å². The van der Waals surface area contributed by atoms with Crippen LogP contribution >= 0.6 is 11.8 Å². The molecule has 0 atom stereocenters. The smallest absolute Gasteiger partial charge is 0.274 e. The Morgan fingerprint density at radius 3 is 2.69 bits per heavy atom. The van der Waals surface area contributed by atoms with Crippen molar-refractivity contribution >= 4 is 17.7 Å². The van der Waals surface area contributed by atoms with Crippen LogP contribution in [0.1, 0.15) is 34.5 Å². The summed E-state index contributed by atoms with van der Waals surface area (Å²) in [4.78, 5) is 19.2. The van der Waals surface area contributed by atoms with E-state index in [1.54, 1.807) is 11.8 Å². The van der Waals surface area contributed by atoms with E-state index in [0.29, 0.717) is 38.1 Å². The fourth-order valence-corrected chi connectivity index (χ4v) is 6.49. The molecule has 188 valence electrons. The molecule has 1 amide bonds. The van der Waals surface area contributed by atoms with Gasteiger partial charge in [0, 0.05) is 61.6 Å². The van der Waals surface area contributed by atoms with Crippen molar-refractivity contribution in [1.82, 2.24) is 19.6 Å². The normalized spacial score (nSPS) is 18.6. The minimum atomic E-state index is 0.00505. The van der Waals surface area contributed by atoms with E-state index < -0.39 is 0 Å². The lowest BCUT2D eigenvalue weighted by atomic mass is 10.0. The molecule has 0 unspecified atom stereocenters. The number of thioether (sulfide) groups is 1. The maximum atomic E-state index is 13.6. The van der Waals surface area contributed by atoms with E-state index >= 15 is 0 Å². The number of methoxy groups -OCH3 is 1. The van der Waals surface area contributed by atoms with E-state index in [9.17, 15) is 4.79 Å². The highest BCUT2D eigenvalue weighted by Gasteiger charge is 2.32. The van der Waals surface area contributed by atoms with Gasteiger partial charge in [0.2, 0.25) is 0 Å². The Morgan fingerprint density at radius 2 is 1.89 bits per heavy atom. The van der Waals surface area contributed by atoms with Crippen LogP contribution in [0.3, 0.4) is 0 Å². The van der Waals surface area contributed by atoms with Gasteiger partial charge in [-0.05, 0) is 36.6 Å². The van der Waals surface area contributed by atoms with E-state index in [4.69, 9.17) is 14.6 Å². The Balaban J connectivity index is 1.36. The molecule has 8 heteroatoms. The van der Waals surface area contributed by atoms with Gasteiger partial charge in [0.25, 0.3) is 5.91 Å². The second-order valence-electron chi connectivity index (χ2n) is 9.66. The average Bonchev–Trinajstić information content (AvgIpc) is 3.34. The third-order valence-corrected chi connectivity index (χ3v) is 8.53. The molecule has 0 N–H and O–H groups in total. The van der Waals surface area contributed by atoms with E-state index in [1.807, 2.05) is 16.7 Å². The Bertz CT molecular complexity index is 1250. The minimum Gasteiger partial charge on any atom is -0.381 e. The lowest BCUT2D eigenvalue weighted by molar-refractivity contribution is 0.0298. The Kier molecular flexibility index (Phi) is 6.84. The first-order valence-corrected chi connectivity index (χ1v) is 13.8. The van der Waals surface area contributed by atoms with Crippen LogP contribution in [-0.4, -0.2) is 78.1 Å². The van der Waals surface area contributed by atoms with E-state index in [-0.39, 0.29) is 5.91 Å². The summed E-state index contributed by atoms with van der Waals surface area (Å²) in [6.45, 7) is 5.37. The van der Waals surface area contributed by atoms with Crippen molar-refractivity contribution < 1.29 is 14.3 Å². The molecule has 3 aliphatic rings. The number of aromatic nitrogens is 2. The van der Waals surface area contributed by atoms with Crippen LogP contribution in [0.4, 0.5) is 0 Å². The largest absolute Gasteiger partial charge is 0.381 e. The number of morpholine rings is 1. The lowest BCUT2D eigenvalue weighted by Gasteiger charge is -2.31. The van der Waals surface area contributed by atoms with Crippen LogP contribution in [-0.2, 0) is 21.8 Å². The first-order valence-electron chi connectivity index (χ1n) is 12.8. The number of amides is 1. The van der Waals surface area contributed by atoms with Gasteiger partial charge in [-0.15, -0.1) is 11.8 Å². The first kappa shape index (κ1) is 23.7. The monoisotopic (exact) mass is 504 g/mol. The molecule has 4 heterocycles. The molecular weight excluding hydrogens is 472 g/mol. The van der Waals surface area contributed by atoms with Gasteiger partial charge in [-0.2, -0.15) is 5.10 Å². The van der Waals surface area contributed by atoms with Crippen molar-refractivity contribution in [2.75, 3.05) is 46.5 Å². The molecule has 1 aromatic heterocycles. The predicted octanol–water partition coefficient (Wildman–Crippen LogP) is 4.23. The first-order chi connectivity index (χ1) is 17.7. The lowest BCUT2D eigenvalue weighted by Crippen LogP contribution is -2.41. The highest BCUT2D eigenvalue weighted by molar-refractivity contribution is 7.98. The SMILES string of the molecule is COC1CCN(Cc2cccc(-n3nc(C(=O)N4CCOCC4)c4c3-c3ccccc3SC4)c2)CC1. The molecule has 2 saturated heterocycles. The Labute approximate surface area is 216 Å². The summed E-state index contributed by atoms with van der Waals surface area (Å²) < 4.78 is 13.0. The highest BCUT2D eigenvalue weighted by Crippen LogP contribution is 2.43. The van der Waals surface area contributed by atoms with Crippen LogP contribution in [0.5, 0.6) is 0 Å². The molecule has 3 aromatic rings. The van der Waals surface area contributed by atoms with Crippen LogP contribution in [0.2, 0.25) is 0 Å². The van der Waals surface area contributed by atoms with Crippen molar-refractivity contribution in [1.29, 1.82) is 0 Å². The summed E-state index contributed by atoms with van der Waals surface area (Å²) in [7, 11) is 1.81. The van der Waals surface area contributed by atoms with E-state index in [1.165, 1.54) is 10.5 Å². The zero-order valence-corrected chi connectivity index (χ0v) is 21.5. The summed E-state index contributed by atoms with van der Waals surface area (Å²) in [6.07, 6.45) is 2.53. The number of rotatable bonds is 5. The Hall–Kier alpha value is -2.65. The van der Waals surface area contributed by atoms with Crippen molar-refractivity contribution in [3.8, 4) is 16.9 Å². The van der Waals surface area contributed by atoms with E-state index in [0.717, 1.165) is 60.7 Å². The zero-order chi connectivity index (χ0) is 24.5. The van der Waals surface area contributed by atoms with Crippen molar-refractivity contribution in [2.24, 2.45) is 0 Å². The fourth-order valence-electron chi connectivity index (χ4n) is 5.42. The number of nitrogens with zero attached hydrogens (tertiary/aromatic N) is 4. The van der Waals surface area contributed by atoms with Gasteiger partial charge in [-0.1, -0.05) is 30.3 Å². The van der Waals surface area contributed by atoms with Gasteiger partial charge >= 0.3 is 0 Å². The number of hydrogen-bond acceptors (Lipinski definition) is 6. The molecule has 7 nitrogen and oxygen atoms in total. The van der Waals surface area contributed by atoms with Crippen LogP contribution < -0.4 is 0 Å². The molecule has 2 aromatic carbocycles. The second-order valence-corrected chi connectivity index (χ2v) is 10.7. The molecule has 3 aliphatic heterocycles. The van der Waals surface area contributed by atoms with Crippen LogP contribution in [0, 0.1) is 0 Å². The number of likely N-dealkylation sites (tertiary alicyclic amines) is 1.